The number of benzene rings is 1. The molecule has 1 aliphatic rings. The highest BCUT2D eigenvalue weighted by Gasteiger charge is 2.18. The van der Waals surface area contributed by atoms with E-state index in [1.54, 1.807) is 0 Å². The van der Waals surface area contributed by atoms with E-state index < -0.39 is 0 Å². The fraction of sp³-hybridized carbons (Fsp3) is 0.429. The normalized spacial score (nSPS) is 19.9. The number of rotatable bonds is 1. The molecule has 0 amide bonds. The van der Waals surface area contributed by atoms with E-state index >= 15 is 0 Å². The molecule has 3 heteroatoms. The van der Waals surface area contributed by atoms with Crippen LogP contribution in [0.5, 0.6) is 0 Å². The lowest BCUT2D eigenvalue weighted by Gasteiger charge is -2.18. The third-order valence-corrected chi connectivity index (χ3v) is 3.44. The first-order valence-electron chi connectivity index (χ1n) is 5.97. The van der Waals surface area contributed by atoms with Gasteiger partial charge in [-0.25, -0.2) is 0 Å². The molecule has 2 rings (SSSR count). The van der Waals surface area contributed by atoms with Gasteiger partial charge in [-0.2, -0.15) is 5.10 Å². The maximum atomic E-state index is 5.75. The van der Waals surface area contributed by atoms with Gasteiger partial charge in [0.25, 0.3) is 0 Å². The van der Waals surface area contributed by atoms with E-state index in [0.717, 1.165) is 12.1 Å². The zero-order valence-electron chi connectivity index (χ0n) is 10.9. The van der Waals surface area contributed by atoms with Crippen LogP contribution in [0.15, 0.2) is 22.3 Å². The van der Waals surface area contributed by atoms with Crippen LogP contribution in [0, 0.1) is 26.7 Å². The monoisotopic (exact) mass is 229 g/mol. The Labute approximate surface area is 102 Å². The standard InChI is InChI=1S/C14H19N3/c1-8-5-10(3)12(6-9(8)2)13-7-11(4)14(15)17-16-13/h5-6,11H,7H2,1-4H3,(H2,15,17). The Kier molecular flexibility index (Phi) is 3.01. The summed E-state index contributed by atoms with van der Waals surface area (Å²) in [7, 11) is 0. The number of hydrogen-bond donors (Lipinski definition) is 1. The summed E-state index contributed by atoms with van der Waals surface area (Å²) in [6.07, 6.45) is 0.874. The SMILES string of the molecule is Cc1cc(C)c(C2=NN=C(N)C(C)C2)cc1C. The van der Waals surface area contributed by atoms with E-state index in [1.807, 2.05) is 0 Å². The van der Waals surface area contributed by atoms with Crippen molar-refractivity contribution in [1.29, 1.82) is 0 Å². The van der Waals surface area contributed by atoms with Crippen LogP contribution < -0.4 is 5.73 Å². The zero-order valence-corrected chi connectivity index (χ0v) is 10.9. The highest BCUT2D eigenvalue weighted by atomic mass is 15.2. The number of nitrogens with zero attached hydrogens (tertiary/aromatic N) is 2. The molecule has 0 saturated heterocycles. The lowest BCUT2D eigenvalue weighted by molar-refractivity contribution is 0.779. The van der Waals surface area contributed by atoms with Crippen molar-refractivity contribution in [2.75, 3.05) is 0 Å². The fourth-order valence-corrected chi connectivity index (χ4v) is 2.09. The summed E-state index contributed by atoms with van der Waals surface area (Å²) in [6, 6.07) is 4.41. The van der Waals surface area contributed by atoms with E-state index in [1.165, 1.54) is 22.3 Å². The van der Waals surface area contributed by atoms with E-state index in [-0.39, 0.29) is 5.92 Å². The van der Waals surface area contributed by atoms with Crippen molar-refractivity contribution in [3.8, 4) is 0 Å². The minimum absolute atomic E-state index is 0.281. The molecule has 0 spiro atoms. The number of hydrogen-bond acceptors (Lipinski definition) is 3. The largest absolute Gasteiger partial charge is 0.385 e. The molecule has 0 aromatic heterocycles. The van der Waals surface area contributed by atoms with Crippen LogP contribution in [0.4, 0.5) is 0 Å². The fourth-order valence-electron chi connectivity index (χ4n) is 2.09. The summed E-state index contributed by atoms with van der Waals surface area (Å²) in [5.41, 5.74) is 11.9. The molecule has 1 heterocycles. The first-order valence-corrected chi connectivity index (χ1v) is 5.97. The molecule has 0 radical (unpaired) electrons. The van der Waals surface area contributed by atoms with E-state index in [4.69, 9.17) is 5.73 Å². The van der Waals surface area contributed by atoms with E-state index in [9.17, 15) is 0 Å². The van der Waals surface area contributed by atoms with Crippen LogP contribution in [-0.4, -0.2) is 11.5 Å². The number of amidine groups is 1. The second-order valence-electron chi connectivity index (χ2n) is 4.93. The molecule has 0 saturated carbocycles. The van der Waals surface area contributed by atoms with E-state index in [0.29, 0.717) is 5.84 Å². The van der Waals surface area contributed by atoms with Crippen LogP contribution >= 0.6 is 0 Å². The molecule has 1 aliphatic heterocycles. The summed E-state index contributed by atoms with van der Waals surface area (Å²) in [4.78, 5) is 0. The van der Waals surface area contributed by atoms with E-state index in [2.05, 4.69) is 50.0 Å². The third-order valence-electron chi connectivity index (χ3n) is 3.44. The molecular formula is C14H19N3. The molecule has 0 bridgehead atoms. The molecule has 1 atom stereocenters. The van der Waals surface area contributed by atoms with Crippen LogP contribution in [-0.2, 0) is 0 Å². The maximum Gasteiger partial charge on any atom is 0.125 e. The topological polar surface area (TPSA) is 50.7 Å². The maximum absolute atomic E-state index is 5.75. The van der Waals surface area contributed by atoms with Crippen molar-refractivity contribution >= 4 is 11.5 Å². The summed E-state index contributed by atoms with van der Waals surface area (Å²) in [5.74, 6) is 0.916. The van der Waals surface area contributed by atoms with Gasteiger partial charge in [0, 0.05) is 17.9 Å². The zero-order chi connectivity index (χ0) is 12.6. The Balaban J connectivity index is 2.45. The number of aryl methyl sites for hydroxylation is 3. The molecule has 3 nitrogen and oxygen atoms in total. The second-order valence-corrected chi connectivity index (χ2v) is 4.93. The van der Waals surface area contributed by atoms with Gasteiger partial charge in [-0.1, -0.05) is 13.0 Å². The van der Waals surface area contributed by atoms with Crippen molar-refractivity contribution < 1.29 is 0 Å². The van der Waals surface area contributed by atoms with Crippen molar-refractivity contribution in [3.63, 3.8) is 0 Å². The Hall–Kier alpha value is -1.64. The van der Waals surface area contributed by atoms with Gasteiger partial charge in [0.2, 0.25) is 0 Å². The van der Waals surface area contributed by atoms with Crippen molar-refractivity contribution in [2.45, 2.75) is 34.1 Å². The van der Waals surface area contributed by atoms with Crippen LogP contribution in [0.25, 0.3) is 0 Å². The predicted molar refractivity (Wildman–Crippen MR) is 72.6 cm³/mol. The average molecular weight is 229 g/mol. The van der Waals surface area contributed by atoms with Gasteiger partial charge in [-0.05, 0) is 43.5 Å². The minimum atomic E-state index is 0.281. The predicted octanol–water partition coefficient (Wildman–Crippen LogP) is 2.71. The first kappa shape index (κ1) is 11.8. The van der Waals surface area contributed by atoms with Gasteiger partial charge < -0.3 is 5.73 Å². The molecule has 1 aromatic rings. The Morgan fingerprint density at radius 1 is 1.06 bits per heavy atom. The molecular weight excluding hydrogens is 210 g/mol. The highest BCUT2D eigenvalue weighted by molar-refractivity contribution is 6.05. The lowest BCUT2D eigenvalue weighted by Crippen LogP contribution is -2.27. The number of nitrogens with two attached hydrogens (primary N) is 1. The average Bonchev–Trinajstić information content (AvgIpc) is 2.27. The summed E-state index contributed by atoms with van der Waals surface area (Å²) in [5, 5.41) is 8.29. The molecule has 90 valence electrons. The quantitative estimate of drug-likeness (QED) is 0.791. The van der Waals surface area contributed by atoms with Gasteiger partial charge in [-0.15, -0.1) is 5.10 Å². The van der Waals surface area contributed by atoms with Gasteiger partial charge in [0.05, 0.1) is 5.71 Å². The Morgan fingerprint density at radius 2 is 1.71 bits per heavy atom. The molecule has 1 unspecified atom stereocenters. The minimum Gasteiger partial charge on any atom is -0.385 e. The molecule has 1 aromatic carbocycles. The van der Waals surface area contributed by atoms with Crippen molar-refractivity contribution in [3.05, 3.63) is 34.4 Å². The smallest absolute Gasteiger partial charge is 0.125 e. The third kappa shape index (κ3) is 2.23. The lowest BCUT2D eigenvalue weighted by atomic mass is 9.92. The van der Waals surface area contributed by atoms with Crippen LogP contribution in [0.2, 0.25) is 0 Å². The summed E-state index contributed by atoms with van der Waals surface area (Å²) < 4.78 is 0. The molecule has 0 fully saturated rings. The highest BCUT2D eigenvalue weighted by Crippen LogP contribution is 2.21. The van der Waals surface area contributed by atoms with Gasteiger partial charge in [0.15, 0.2) is 0 Å². The molecule has 2 N–H and O–H groups in total. The van der Waals surface area contributed by atoms with Gasteiger partial charge in [0.1, 0.15) is 5.84 Å². The van der Waals surface area contributed by atoms with Crippen molar-refractivity contribution in [1.82, 2.24) is 0 Å². The summed E-state index contributed by atoms with van der Waals surface area (Å²) in [6.45, 7) is 8.47. The Morgan fingerprint density at radius 3 is 2.35 bits per heavy atom. The Bertz CT molecular complexity index is 512. The molecule has 17 heavy (non-hydrogen) atoms. The van der Waals surface area contributed by atoms with Crippen molar-refractivity contribution in [2.24, 2.45) is 21.9 Å². The van der Waals surface area contributed by atoms with Crippen LogP contribution in [0.1, 0.15) is 35.6 Å². The molecule has 0 aliphatic carbocycles. The first-order chi connectivity index (χ1) is 7.99. The van der Waals surface area contributed by atoms with Crippen LogP contribution in [0.3, 0.4) is 0 Å². The van der Waals surface area contributed by atoms with Gasteiger partial charge >= 0.3 is 0 Å². The summed E-state index contributed by atoms with van der Waals surface area (Å²) >= 11 is 0. The second kappa shape index (κ2) is 4.32. The van der Waals surface area contributed by atoms with Gasteiger partial charge in [-0.3, -0.25) is 0 Å².